The maximum Gasteiger partial charge on any atom is 0.286 e. The molecule has 0 radical (unpaired) electrons. The molecule has 0 bridgehead atoms. The molecule has 27 heavy (non-hydrogen) atoms. The van der Waals surface area contributed by atoms with Crippen molar-refractivity contribution in [1.29, 1.82) is 0 Å². The Hall–Kier alpha value is -2.28. The average Bonchev–Trinajstić information content (AvgIpc) is 3.10. The first-order chi connectivity index (χ1) is 12.9. The smallest absolute Gasteiger partial charge is 0.286 e. The van der Waals surface area contributed by atoms with Crippen LogP contribution >= 0.6 is 11.3 Å². The average molecular weight is 387 g/mol. The van der Waals surface area contributed by atoms with Crippen LogP contribution in [-0.2, 0) is 6.42 Å². The standard InChI is InChI=1S/C20H26N4O2S/c1-13(2)11-17-22-23-19(27-17)18(25)21-16-6-4-5-15(12-16)20(26)24-9-7-14(3)8-10-24/h4-6,12-14H,7-11H2,1-3H3,(H,21,25). The number of carbonyl (C=O) groups excluding carboxylic acids is 2. The van der Waals surface area contributed by atoms with Gasteiger partial charge in [-0.15, -0.1) is 10.2 Å². The van der Waals surface area contributed by atoms with Crippen LogP contribution in [0.4, 0.5) is 5.69 Å². The summed E-state index contributed by atoms with van der Waals surface area (Å²) >= 11 is 1.31. The van der Waals surface area contributed by atoms with E-state index in [1.165, 1.54) is 11.3 Å². The second-order valence-corrected chi connectivity index (χ2v) is 8.67. The number of nitrogens with one attached hydrogen (secondary N) is 1. The largest absolute Gasteiger partial charge is 0.339 e. The Morgan fingerprint density at radius 3 is 2.70 bits per heavy atom. The fourth-order valence-corrected chi connectivity index (χ4v) is 4.03. The molecule has 0 aliphatic carbocycles. The molecule has 2 amide bonds. The third-order valence-electron chi connectivity index (χ3n) is 4.68. The molecule has 0 spiro atoms. The SMILES string of the molecule is CC(C)Cc1nnc(C(=O)Nc2cccc(C(=O)N3CCC(C)CC3)c2)s1. The number of benzene rings is 1. The van der Waals surface area contributed by atoms with E-state index in [0.717, 1.165) is 37.4 Å². The van der Waals surface area contributed by atoms with Crippen molar-refractivity contribution in [2.24, 2.45) is 11.8 Å². The minimum absolute atomic E-state index is 0.0214. The summed E-state index contributed by atoms with van der Waals surface area (Å²) in [5.74, 6) is 0.869. The molecule has 1 saturated heterocycles. The first-order valence-corrected chi connectivity index (χ1v) is 10.3. The highest BCUT2D eigenvalue weighted by Crippen LogP contribution is 2.20. The molecule has 6 nitrogen and oxygen atoms in total. The van der Waals surface area contributed by atoms with Gasteiger partial charge in [0, 0.05) is 30.8 Å². The van der Waals surface area contributed by atoms with Crippen LogP contribution in [0.5, 0.6) is 0 Å². The molecule has 1 aromatic heterocycles. The molecular formula is C20H26N4O2S. The highest BCUT2D eigenvalue weighted by molar-refractivity contribution is 7.13. The Kier molecular flexibility index (Phi) is 6.21. The van der Waals surface area contributed by atoms with Crippen molar-refractivity contribution in [1.82, 2.24) is 15.1 Å². The van der Waals surface area contributed by atoms with Gasteiger partial charge in [-0.3, -0.25) is 9.59 Å². The van der Waals surface area contributed by atoms with Gasteiger partial charge in [0.05, 0.1) is 0 Å². The Labute approximate surface area is 164 Å². The minimum atomic E-state index is -0.293. The molecule has 7 heteroatoms. The van der Waals surface area contributed by atoms with Gasteiger partial charge in [0.1, 0.15) is 5.01 Å². The van der Waals surface area contributed by atoms with E-state index in [1.807, 2.05) is 4.90 Å². The lowest BCUT2D eigenvalue weighted by atomic mass is 9.98. The monoisotopic (exact) mass is 386 g/mol. The van der Waals surface area contributed by atoms with Gasteiger partial charge in [0.2, 0.25) is 5.01 Å². The number of aromatic nitrogens is 2. The van der Waals surface area contributed by atoms with Crippen LogP contribution in [0.25, 0.3) is 0 Å². The predicted octanol–water partition coefficient (Wildman–Crippen LogP) is 3.86. The predicted molar refractivity (Wildman–Crippen MR) is 107 cm³/mol. The summed E-state index contributed by atoms with van der Waals surface area (Å²) in [5.41, 5.74) is 1.19. The number of nitrogens with zero attached hydrogens (tertiary/aromatic N) is 3. The Balaban J connectivity index is 1.65. The Morgan fingerprint density at radius 1 is 1.26 bits per heavy atom. The van der Waals surface area contributed by atoms with Crippen LogP contribution in [0, 0.1) is 11.8 Å². The molecule has 0 atom stereocenters. The quantitative estimate of drug-likeness (QED) is 0.847. The van der Waals surface area contributed by atoms with E-state index in [2.05, 4.69) is 36.3 Å². The highest BCUT2D eigenvalue weighted by atomic mass is 32.1. The van der Waals surface area contributed by atoms with Gasteiger partial charge in [-0.1, -0.05) is 38.2 Å². The van der Waals surface area contributed by atoms with Crippen molar-refractivity contribution in [3.8, 4) is 0 Å². The zero-order chi connectivity index (χ0) is 19.4. The molecule has 144 valence electrons. The van der Waals surface area contributed by atoms with Crippen LogP contribution in [-0.4, -0.2) is 40.0 Å². The topological polar surface area (TPSA) is 75.2 Å². The second kappa shape index (κ2) is 8.61. The number of amides is 2. The number of piperidine rings is 1. The van der Waals surface area contributed by atoms with Crippen molar-refractivity contribution in [2.75, 3.05) is 18.4 Å². The molecule has 2 heterocycles. The summed E-state index contributed by atoms with van der Waals surface area (Å²) in [5, 5.41) is 12.1. The number of anilines is 1. The van der Waals surface area contributed by atoms with Crippen LogP contribution in [0.2, 0.25) is 0 Å². The summed E-state index contributed by atoms with van der Waals surface area (Å²) in [7, 11) is 0. The van der Waals surface area contributed by atoms with E-state index in [9.17, 15) is 9.59 Å². The van der Waals surface area contributed by atoms with Gasteiger partial charge in [-0.25, -0.2) is 0 Å². The lowest BCUT2D eigenvalue weighted by Crippen LogP contribution is -2.37. The van der Waals surface area contributed by atoms with Crippen molar-refractivity contribution >= 4 is 28.8 Å². The summed E-state index contributed by atoms with van der Waals surface area (Å²) in [6.07, 6.45) is 2.89. The van der Waals surface area contributed by atoms with E-state index in [1.54, 1.807) is 24.3 Å². The first-order valence-electron chi connectivity index (χ1n) is 9.45. The van der Waals surface area contributed by atoms with Gasteiger partial charge in [-0.2, -0.15) is 0 Å². The van der Waals surface area contributed by atoms with Crippen LogP contribution in [0.15, 0.2) is 24.3 Å². The van der Waals surface area contributed by atoms with Crippen LogP contribution in [0.3, 0.4) is 0 Å². The molecule has 0 saturated carbocycles. The van der Waals surface area contributed by atoms with Crippen molar-refractivity contribution < 1.29 is 9.59 Å². The number of hydrogen-bond donors (Lipinski definition) is 1. The van der Waals surface area contributed by atoms with Gasteiger partial charge in [0.25, 0.3) is 11.8 Å². The molecule has 1 aliphatic rings. The summed E-state index contributed by atoms with van der Waals surface area (Å²) < 4.78 is 0. The van der Waals surface area contributed by atoms with E-state index in [4.69, 9.17) is 0 Å². The number of carbonyl (C=O) groups is 2. The molecular weight excluding hydrogens is 360 g/mol. The molecule has 2 aromatic rings. The Bertz CT molecular complexity index is 810. The van der Waals surface area contributed by atoms with Crippen LogP contribution < -0.4 is 5.32 Å². The van der Waals surface area contributed by atoms with E-state index >= 15 is 0 Å². The highest BCUT2D eigenvalue weighted by Gasteiger charge is 2.22. The van der Waals surface area contributed by atoms with Crippen LogP contribution in [0.1, 0.15) is 58.8 Å². The third-order valence-corrected chi connectivity index (χ3v) is 5.63. The molecule has 1 fully saturated rings. The molecule has 0 unspecified atom stereocenters. The second-order valence-electron chi connectivity index (χ2n) is 7.61. The normalized spacial score (nSPS) is 15.2. The molecule has 1 N–H and O–H groups in total. The number of rotatable bonds is 5. The fourth-order valence-electron chi connectivity index (χ4n) is 3.09. The lowest BCUT2D eigenvalue weighted by Gasteiger charge is -2.30. The minimum Gasteiger partial charge on any atom is -0.339 e. The first kappa shape index (κ1) is 19.5. The van der Waals surface area contributed by atoms with Gasteiger partial charge >= 0.3 is 0 Å². The van der Waals surface area contributed by atoms with E-state index in [0.29, 0.717) is 28.1 Å². The summed E-state index contributed by atoms with van der Waals surface area (Å²) in [4.78, 5) is 27.0. The zero-order valence-corrected chi connectivity index (χ0v) is 16.9. The lowest BCUT2D eigenvalue weighted by molar-refractivity contribution is 0.0697. The van der Waals surface area contributed by atoms with Crippen molar-refractivity contribution in [3.05, 3.63) is 39.8 Å². The van der Waals surface area contributed by atoms with Crippen molar-refractivity contribution in [2.45, 2.75) is 40.0 Å². The third kappa shape index (κ3) is 5.13. The number of hydrogen-bond acceptors (Lipinski definition) is 5. The van der Waals surface area contributed by atoms with Gasteiger partial charge < -0.3 is 10.2 Å². The maximum absolute atomic E-state index is 12.7. The van der Waals surface area contributed by atoms with Gasteiger partial charge in [-0.05, 0) is 42.9 Å². The van der Waals surface area contributed by atoms with Gasteiger partial charge in [0.15, 0.2) is 0 Å². The van der Waals surface area contributed by atoms with E-state index in [-0.39, 0.29) is 11.8 Å². The summed E-state index contributed by atoms with van der Waals surface area (Å²) in [6, 6.07) is 7.10. The maximum atomic E-state index is 12.7. The molecule has 1 aliphatic heterocycles. The van der Waals surface area contributed by atoms with Crippen molar-refractivity contribution in [3.63, 3.8) is 0 Å². The van der Waals surface area contributed by atoms with E-state index < -0.39 is 0 Å². The number of likely N-dealkylation sites (tertiary alicyclic amines) is 1. The molecule has 3 rings (SSSR count). The zero-order valence-electron chi connectivity index (χ0n) is 16.1. The Morgan fingerprint density at radius 2 is 2.00 bits per heavy atom. The summed E-state index contributed by atoms with van der Waals surface area (Å²) in [6.45, 7) is 8.01. The molecule has 1 aromatic carbocycles. The fraction of sp³-hybridized carbons (Fsp3) is 0.500.